The molecule has 0 aromatic heterocycles. The summed E-state index contributed by atoms with van der Waals surface area (Å²) in [5.74, 6) is -1.75. The number of nitrogens with one attached hydrogen (secondary N) is 2. The van der Waals surface area contributed by atoms with Crippen molar-refractivity contribution in [2.24, 2.45) is 0 Å². The van der Waals surface area contributed by atoms with E-state index in [0.717, 1.165) is 0 Å². The zero-order valence-electron chi connectivity index (χ0n) is 11.9. The second kappa shape index (κ2) is 7.88. The molecule has 0 bridgehead atoms. The Hall–Kier alpha value is -2.57. The third-order valence-electron chi connectivity index (χ3n) is 2.59. The second-order valence-electron chi connectivity index (χ2n) is 4.24. The number of carbonyl (C=O) groups is 3. The number of benzene rings is 1. The van der Waals surface area contributed by atoms with Crippen LogP contribution in [0.3, 0.4) is 0 Å². The summed E-state index contributed by atoms with van der Waals surface area (Å²) in [4.78, 5) is 34.1. The predicted molar refractivity (Wildman–Crippen MR) is 75.2 cm³/mol. The molecule has 0 unspecified atom stereocenters. The Morgan fingerprint density at radius 2 is 1.95 bits per heavy atom. The lowest BCUT2D eigenvalue weighted by atomic mass is 10.2. The van der Waals surface area contributed by atoms with Gasteiger partial charge in [0, 0.05) is 0 Å². The monoisotopic (exact) mass is 294 g/mol. The molecule has 21 heavy (non-hydrogen) atoms. The quantitative estimate of drug-likeness (QED) is 0.675. The molecule has 1 aromatic carbocycles. The summed E-state index contributed by atoms with van der Waals surface area (Å²) in [6, 6.07) is 5.65. The van der Waals surface area contributed by atoms with Crippen LogP contribution in [0.1, 0.15) is 24.2 Å². The molecule has 0 saturated heterocycles. The molecule has 7 heteroatoms. The highest BCUT2D eigenvalue weighted by molar-refractivity contribution is 5.99. The number of aliphatic carboxylic acids is 1. The smallest absolute Gasteiger partial charge is 0.325 e. The summed E-state index contributed by atoms with van der Waals surface area (Å²) in [7, 11) is 0. The molecule has 7 nitrogen and oxygen atoms in total. The van der Waals surface area contributed by atoms with Gasteiger partial charge in [-0.15, -0.1) is 0 Å². The van der Waals surface area contributed by atoms with Gasteiger partial charge in [0.1, 0.15) is 11.8 Å². The van der Waals surface area contributed by atoms with Gasteiger partial charge in [0.25, 0.3) is 5.91 Å². The maximum atomic E-state index is 12.0. The molecule has 1 atom stereocenters. The highest BCUT2D eigenvalue weighted by Gasteiger charge is 2.16. The van der Waals surface area contributed by atoms with Gasteiger partial charge in [-0.05, 0) is 26.0 Å². The lowest BCUT2D eigenvalue weighted by Crippen LogP contribution is -2.44. The highest BCUT2D eigenvalue weighted by Crippen LogP contribution is 2.17. The van der Waals surface area contributed by atoms with E-state index in [1.807, 2.05) is 0 Å². The number of carboxylic acid groups (broad SMARTS) is 1. The Kier molecular flexibility index (Phi) is 6.19. The average molecular weight is 294 g/mol. The molecule has 1 aromatic rings. The summed E-state index contributed by atoms with van der Waals surface area (Å²) < 4.78 is 5.32. The number of carboxylic acids is 1. The molecular weight excluding hydrogens is 276 g/mol. The first-order chi connectivity index (χ1) is 9.95. The minimum absolute atomic E-state index is 0.309. The fourth-order valence-corrected chi connectivity index (χ4v) is 1.55. The van der Waals surface area contributed by atoms with Crippen molar-refractivity contribution in [2.75, 3.05) is 13.2 Å². The van der Waals surface area contributed by atoms with Crippen LogP contribution >= 0.6 is 0 Å². The summed E-state index contributed by atoms with van der Waals surface area (Å²) in [5, 5.41) is 13.3. The van der Waals surface area contributed by atoms with Gasteiger partial charge in [0.2, 0.25) is 5.91 Å². The maximum Gasteiger partial charge on any atom is 0.325 e. The summed E-state index contributed by atoms with van der Waals surface area (Å²) in [6.07, 6.45) is 0. The maximum absolute atomic E-state index is 12.0. The topological polar surface area (TPSA) is 105 Å². The number of amides is 2. The van der Waals surface area contributed by atoms with Crippen molar-refractivity contribution >= 4 is 17.8 Å². The van der Waals surface area contributed by atoms with Crippen LogP contribution in [0.15, 0.2) is 24.3 Å². The third kappa shape index (κ3) is 5.13. The predicted octanol–water partition coefficient (Wildman–Crippen LogP) is 0.404. The van der Waals surface area contributed by atoms with Gasteiger partial charge in [0.05, 0.1) is 18.7 Å². The van der Waals surface area contributed by atoms with Crippen LogP contribution in [0.5, 0.6) is 5.75 Å². The molecule has 1 rings (SSSR count). The molecule has 0 aliphatic carbocycles. The van der Waals surface area contributed by atoms with E-state index in [4.69, 9.17) is 9.84 Å². The number of hydrogen-bond acceptors (Lipinski definition) is 4. The lowest BCUT2D eigenvalue weighted by molar-refractivity contribution is -0.141. The van der Waals surface area contributed by atoms with Gasteiger partial charge in [-0.2, -0.15) is 0 Å². The first kappa shape index (κ1) is 16.5. The van der Waals surface area contributed by atoms with Crippen molar-refractivity contribution in [3.05, 3.63) is 29.8 Å². The van der Waals surface area contributed by atoms with Crippen LogP contribution < -0.4 is 15.4 Å². The van der Waals surface area contributed by atoms with Gasteiger partial charge in [-0.25, -0.2) is 0 Å². The van der Waals surface area contributed by atoms with Crippen LogP contribution in [0.2, 0.25) is 0 Å². The van der Waals surface area contributed by atoms with E-state index in [1.54, 1.807) is 31.2 Å². The molecular formula is C14H18N2O5. The van der Waals surface area contributed by atoms with Crippen molar-refractivity contribution in [1.29, 1.82) is 0 Å². The molecule has 0 aliphatic rings. The van der Waals surface area contributed by atoms with Crippen molar-refractivity contribution in [3.63, 3.8) is 0 Å². The SMILES string of the molecule is CCOc1ccccc1C(=O)NCC(=O)N[C@@H](C)C(=O)O. The summed E-state index contributed by atoms with van der Waals surface area (Å²) in [5.41, 5.74) is 0.318. The van der Waals surface area contributed by atoms with Crippen LogP contribution in [-0.2, 0) is 9.59 Å². The molecule has 0 spiro atoms. The standard InChI is InChI=1S/C14H18N2O5/c1-3-21-11-7-5-4-6-10(11)13(18)15-8-12(17)16-9(2)14(19)20/h4-7,9H,3,8H2,1-2H3,(H,15,18)(H,16,17)(H,19,20)/t9-/m0/s1. The number of carbonyl (C=O) groups excluding carboxylic acids is 2. The third-order valence-corrected chi connectivity index (χ3v) is 2.59. The Morgan fingerprint density at radius 1 is 1.29 bits per heavy atom. The fraction of sp³-hybridized carbons (Fsp3) is 0.357. The van der Waals surface area contributed by atoms with Gasteiger partial charge >= 0.3 is 5.97 Å². The minimum Gasteiger partial charge on any atom is -0.493 e. The van der Waals surface area contributed by atoms with E-state index < -0.39 is 23.8 Å². The molecule has 2 amide bonds. The molecule has 3 N–H and O–H groups in total. The van der Waals surface area contributed by atoms with E-state index in [0.29, 0.717) is 17.9 Å². The van der Waals surface area contributed by atoms with E-state index in [-0.39, 0.29) is 6.54 Å². The van der Waals surface area contributed by atoms with Crippen molar-refractivity contribution < 1.29 is 24.2 Å². The van der Waals surface area contributed by atoms with Gasteiger partial charge in [0.15, 0.2) is 0 Å². The van der Waals surface area contributed by atoms with Crippen LogP contribution in [-0.4, -0.2) is 42.1 Å². The first-order valence-corrected chi connectivity index (χ1v) is 6.48. The first-order valence-electron chi connectivity index (χ1n) is 6.48. The van der Waals surface area contributed by atoms with E-state index in [2.05, 4.69) is 10.6 Å². The Bertz CT molecular complexity index is 530. The fourth-order valence-electron chi connectivity index (χ4n) is 1.55. The number of hydrogen-bond donors (Lipinski definition) is 3. The molecule has 0 radical (unpaired) electrons. The van der Waals surface area contributed by atoms with Crippen molar-refractivity contribution in [2.45, 2.75) is 19.9 Å². The zero-order valence-corrected chi connectivity index (χ0v) is 11.9. The molecule has 0 saturated carbocycles. The van der Waals surface area contributed by atoms with Gasteiger partial charge < -0.3 is 20.5 Å². The Balaban J connectivity index is 2.58. The summed E-state index contributed by atoms with van der Waals surface area (Å²) >= 11 is 0. The normalized spacial score (nSPS) is 11.3. The zero-order chi connectivity index (χ0) is 15.8. The molecule has 0 aliphatic heterocycles. The number of ether oxygens (including phenoxy) is 1. The van der Waals surface area contributed by atoms with Gasteiger partial charge in [-0.1, -0.05) is 12.1 Å². The molecule has 114 valence electrons. The second-order valence-corrected chi connectivity index (χ2v) is 4.24. The van der Waals surface area contributed by atoms with E-state index in [9.17, 15) is 14.4 Å². The highest BCUT2D eigenvalue weighted by atomic mass is 16.5. The van der Waals surface area contributed by atoms with Crippen molar-refractivity contribution in [3.8, 4) is 5.75 Å². The van der Waals surface area contributed by atoms with E-state index in [1.165, 1.54) is 6.92 Å². The van der Waals surface area contributed by atoms with Crippen LogP contribution in [0.25, 0.3) is 0 Å². The summed E-state index contributed by atoms with van der Waals surface area (Å²) in [6.45, 7) is 3.25. The van der Waals surface area contributed by atoms with Gasteiger partial charge in [-0.3, -0.25) is 14.4 Å². The Labute approximate surface area is 122 Å². The molecule has 0 heterocycles. The van der Waals surface area contributed by atoms with Crippen molar-refractivity contribution in [1.82, 2.24) is 10.6 Å². The molecule has 0 fully saturated rings. The largest absolute Gasteiger partial charge is 0.493 e. The van der Waals surface area contributed by atoms with Crippen LogP contribution in [0.4, 0.5) is 0 Å². The Morgan fingerprint density at radius 3 is 2.57 bits per heavy atom. The van der Waals surface area contributed by atoms with Crippen LogP contribution in [0, 0.1) is 0 Å². The average Bonchev–Trinajstić information content (AvgIpc) is 2.45. The lowest BCUT2D eigenvalue weighted by Gasteiger charge is -2.12. The number of rotatable bonds is 7. The minimum atomic E-state index is -1.14. The number of para-hydroxylation sites is 1. The van der Waals surface area contributed by atoms with E-state index >= 15 is 0 Å².